The quantitative estimate of drug-likeness (QED) is 0.742. The van der Waals surface area contributed by atoms with Crippen molar-refractivity contribution in [3.8, 4) is 17.6 Å². The molecule has 3 aromatic rings. The van der Waals surface area contributed by atoms with Gasteiger partial charge in [-0.15, -0.1) is 0 Å². The van der Waals surface area contributed by atoms with Crippen molar-refractivity contribution in [2.75, 3.05) is 14.2 Å². The van der Waals surface area contributed by atoms with Crippen molar-refractivity contribution in [1.29, 1.82) is 5.26 Å². The average Bonchev–Trinajstić information content (AvgIpc) is 2.65. The lowest BCUT2D eigenvalue weighted by Gasteiger charge is -2.08. The van der Waals surface area contributed by atoms with Crippen molar-refractivity contribution < 1.29 is 9.47 Å². The number of aromatic amines is 1. The van der Waals surface area contributed by atoms with Gasteiger partial charge in [0.2, 0.25) is 0 Å². The van der Waals surface area contributed by atoms with Crippen LogP contribution < -0.4 is 15.0 Å². The number of nitrogens with zero attached hydrogens (tertiary/aromatic N) is 2. The first-order chi connectivity index (χ1) is 12.2. The molecule has 0 unspecified atom stereocenters. The number of ether oxygens (including phenoxy) is 2. The molecule has 1 heterocycles. The lowest BCUT2D eigenvalue weighted by molar-refractivity contribution is 0.402. The predicted molar refractivity (Wildman–Crippen MR) is 95.4 cm³/mol. The molecule has 0 aliphatic carbocycles. The summed E-state index contributed by atoms with van der Waals surface area (Å²) in [7, 11) is 3.10. The van der Waals surface area contributed by atoms with E-state index in [0.717, 1.165) is 0 Å². The highest BCUT2D eigenvalue weighted by Gasteiger charge is 2.10. The molecule has 0 radical (unpaired) electrons. The maximum absolute atomic E-state index is 12.2. The van der Waals surface area contributed by atoms with E-state index in [1.165, 1.54) is 0 Å². The second-order valence-electron chi connectivity index (χ2n) is 5.21. The Balaban J connectivity index is 2.17. The smallest absolute Gasteiger partial charge is 0.259 e. The number of hydrogen-bond donors (Lipinski definition) is 1. The zero-order valence-corrected chi connectivity index (χ0v) is 13.7. The average molecular weight is 333 g/mol. The first kappa shape index (κ1) is 16.3. The molecule has 6 nitrogen and oxygen atoms in total. The Bertz CT molecular complexity index is 1060. The summed E-state index contributed by atoms with van der Waals surface area (Å²) in [6.07, 6.45) is 1.61. The van der Waals surface area contributed by atoms with Gasteiger partial charge in [-0.05, 0) is 36.4 Å². The number of nitriles is 1. The summed E-state index contributed by atoms with van der Waals surface area (Å²) in [4.78, 5) is 19.3. The van der Waals surface area contributed by atoms with Crippen molar-refractivity contribution >= 4 is 22.6 Å². The molecule has 0 amide bonds. The van der Waals surface area contributed by atoms with E-state index in [4.69, 9.17) is 9.47 Å². The van der Waals surface area contributed by atoms with Gasteiger partial charge in [0, 0.05) is 5.56 Å². The molecule has 0 saturated carbocycles. The van der Waals surface area contributed by atoms with E-state index in [9.17, 15) is 10.1 Å². The molecule has 2 aromatic carbocycles. The molecule has 0 bridgehead atoms. The van der Waals surface area contributed by atoms with Crippen LogP contribution in [0.4, 0.5) is 0 Å². The molecular formula is C19H15N3O3. The molecule has 0 saturated heterocycles. The van der Waals surface area contributed by atoms with E-state index in [1.54, 1.807) is 62.8 Å². The fourth-order valence-corrected chi connectivity index (χ4v) is 2.48. The minimum atomic E-state index is -0.292. The second kappa shape index (κ2) is 6.89. The van der Waals surface area contributed by atoms with Crippen molar-refractivity contribution in [3.63, 3.8) is 0 Å². The summed E-state index contributed by atoms with van der Waals surface area (Å²) in [5, 5.41) is 10.0. The highest BCUT2D eigenvalue weighted by molar-refractivity contribution is 5.90. The van der Waals surface area contributed by atoms with Crippen LogP contribution in [0.1, 0.15) is 11.4 Å². The van der Waals surface area contributed by atoms with E-state index in [0.29, 0.717) is 28.0 Å². The molecule has 124 valence electrons. The zero-order valence-electron chi connectivity index (χ0n) is 13.7. The Morgan fingerprint density at radius 2 is 2.00 bits per heavy atom. The number of benzene rings is 2. The number of nitrogens with one attached hydrogen (secondary N) is 1. The zero-order chi connectivity index (χ0) is 17.8. The van der Waals surface area contributed by atoms with Crippen LogP contribution in [0.2, 0.25) is 0 Å². The van der Waals surface area contributed by atoms with Gasteiger partial charge in [0.15, 0.2) is 5.82 Å². The van der Waals surface area contributed by atoms with E-state index in [-0.39, 0.29) is 17.0 Å². The Labute approximate surface area is 144 Å². The minimum Gasteiger partial charge on any atom is -0.497 e. The van der Waals surface area contributed by atoms with E-state index in [2.05, 4.69) is 16.0 Å². The number of aromatic nitrogens is 2. The highest BCUT2D eigenvalue weighted by Crippen LogP contribution is 2.27. The van der Waals surface area contributed by atoms with Crippen molar-refractivity contribution in [3.05, 3.63) is 64.2 Å². The lowest BCUT2D eigenvalue weighted by Crippen LogP contribution is -2.11. The Kier molecular flexibility index (Phi) is 4.48. The predicted octanol–water partition coefficient (Wildman–Crippen LogP) is 3.00. The Hall–Kier alpha value is -3.59. The maximum atomic E-state index is 12.2. The molecule has 0 fully saturated rings. The van der Waals surface area contributed by atoms with Crippen LogP contribution in [-0.2, 0) is 0 Å². The van der Waals surface area contributed by atoms with Crippen molar-refractivity contribution in [2.45, 2.75) is 0 Å². The summed E-state index contributed by atoms with van der Waals surface area (Å²) in [5.41, 5.74) is 1.10. The van der Waals surface area contributed by atoms with Crippen LogP contribution in [0, 0.1) is 11.3 Å². The van der Waals surface area contributed by atoms with E-state index in [1.807, 2.05) is 0 Å². The molecule has 3 rings (SSSR count). The van der Waals surface area contributed by atoms with Gasteiger partial charge in [-0.2, -0.15) is 5.26 Å². The van der Waals surface area contributed by atoms with Gasteiger partial charge in [-0.3, -0.25) is 4.79 Å². The topological polar surface area (TPSA) is 88.0 Å². The molecule has 0 atom stereocenters. The first-order valence-corrected chi connectivity index (χ1v) is 7.49. The molecule has 0 aliphatic heterocycles. The fraction of sp³-hybridized carbons (Fsp3) is 0.105. The Morgan fingerprint density at radius 3 is 2.72 bits per heavy atom. The number of para-hydroxylation sites is 1. The van der Waals surface area contributed by atoms with Gasteiger partial charge in [0.1, 0.15) is 17.6 Å². The van der Waals surface area contributed by atoms with E-state index >= 15 is 0 Å². The third-order valence-corrected chi connectivity index (χ3v) is 3.73. The van der Waals surface area contributed by atoms with Gasteiger partial charge in [-0.1, -0.05) is 12.1 Å². The summed E-state index contributed by atoms with van der Waals surface area (Å²) < 4.78 is 10.5. The summed E-state index contributed by atoms with van der Waals surface area (Å²) in [6.45, 7) is 0. The summed E-state index contributed by atoms with van der Waals surface area (Å²) in [6, 6.07) is 14.3. The second-order valence-corrected chi connectivity index (χ2v) is 5.21. The monoisotopic (exact) mass is 333 g/mol. The third-order valence-electron chi connectivity index (χ3n) is 3.73. The number of fused-ring (bicyclic) bond motifs is 1. The fourth-order valence-electron chi connectivity index (χ4n) is 2.48. The van der Waals surface area contributed by atoms with Crippen LogP contribution in [-0.4, -0.2) is 24.2 Å². The largest absolute Gasteiger partial charge is 0.497 e. The maximum Gasteiger partial charge on any atom is 0.259 e. The van der Waals surface area contributed by atoms with Gasteiger partial charge in [0.05, 0.1) is 30.7 Å². The Morgan fingerprint density at radius 1 is 1.20 bits per heavy atom. The molecule has 25 heavy (non-hydrogen) atoms. The third kappa shape index (κ3) is 3.21. The van der Waals surface area contributed by atoms with Crippen LogP contribution >= 0.6 is 0 Å². The van der Waals surface area contributed by atoms with Crippen LogP contribution in [0.5, 0.6) is 11.5 Å². The van der Waals surface area contributed by atoms with Gasteiger partial charge in [-0.25, -0.2) is 4.98 Å². The summed E-state index contributed by atoms with van der Waals surface area (Å²) >= 11 is 0. The van der Waals surface area contributed by atoms with Gasteiger partial charge >= 0.3 is 0 Å². The van der Waals surface area contributed by atoms with Crippen LogP contribution in [0.3, 0.4) is 0 Å². The number of rotatable bonds is 4. The lowest BCUT2D eigenvalue weighted by atomic mass is 10.1. The normalized spacial score (nSPS) is 11.2. The SMILES string of the molecule is COc1ccc(OC)c(/C=C(/C#N)c2nc3ccccc3c(=O)[nH]2)c1. The van der Waals surface area contributed by atoms with Crippen LogP contribution in [0.25, 0.3) is 22.6 Å². The van der Waals surface area contributed by atoms with E-state index < -0.39 is 0 Å². The number of H-pyrrole nitrogens is 1. The summed E-state index contributed by atoms with van der Waals surface area (Å²) in [5.74, 6) is 1.41. The minimum absolute atomic E-state index is 0.205. The number of hydrogen-bond acceptors (Lipinski definition) is 5. The molecule has 0 spiro atoms. The molecule has 0 aliphatic rings. The van der Waals surface area contributed by atoms with Gasteiger partial charge in [0.25, 0.3) is 5.56 Å². The van der Waals surface area contributed by atoms with Gasteiger partial charge < -0.3 is 14.5 Å². The molecule has 1 N–H and O–H groups in total. The first-order valence-electron chi connectivity index (χ1n) is 7.49. The van der Waals surface area contributed by atoms with Crippen molar-refractivity contribution in [1.82, 2.24) is 9.97 Å². The molecular weight excluding hydrogens is 318 g/mol. The van der Waals surface area contributed by atoms with Crippen molar-refractivity contribution in [2.24, 2.45) is 0 Å². The number of methoxy groups -OCH3 is 2. The molecule has 6 heteroatoms. The van der Waals surface area contributed by atoms with Crippen LogP contribution in [0.15, 0.2) is 47.3 Å². The molecule has 1 aromatic heterocycles. The number of allylic oxidation sites excluding steroid dienone is 1. The standard InChI is InChI=1S/C19H15N3O3/c1-24-14-7-8-17(25-2)12(10-14)9-13(11-20)18-21-16-6-4-3-5-15(16)19(23)22-18/h3-10H,1-2H3,(H,21,22,23)/b13-9-. The highest BCUT2D eigenvalue weighted by atomic mass is 16.5.